The van der Waals surface area contributed by atoms with E-state index in [9.17, 15) is 9.60 Å². The van der Waals surface area contributed by atoms with Gasteiger partial charge < -0.3 is 5.21 Å². The summed E-state index contributed by atoms with van der Waals surface area (Å²) >= 11 is 0. The van der Waals surface area contributed by atoms with Crippen molar-refractivity contribution in [2.24, 2.45) is 0 Å². The molecule has 1 aromatic rings. The smallest absolute Gasteiger partial charge is 0.195 e. The first-order valence-corrected chi connectivity index (χ1v) is 5.10. The number of hydrogen-bond acceptors (Lipinski definition) is 1. The number of hydroxylamine groups is 1. The summed E-state index contributed by atoms with van der Waals surface area (Å²) in [6.45, 7) is 3.85. The van der Waals surface area contributed by atoms with E-state index in [4.69, 9.17) is 0 Å². The van der Waals surface area contributed by atoms with Crippen molar-refractivity contribution in [1.29, 1.82) is 0 Å². The Labute approximate surface area is 88.6 Å². The van der Waals surface area contributed by atoms with Crippen molar-refractivity contribution in [2.75, 3.05) is 0 Å². The summed E-state index contributed by atoms with van der Waals surface area (Å²) in [5, 5.41) is 11.9. The van der Waals surface area contributed by atoms with Gasteiger partial charge in [0.2, 0.25) is 0 Å². The van der Waals surface area contributed by atoms with Gasteiger partial charge >= 0.3 is 0 Å². The molecule has 2 nitrogen and oxygen atoms in total. The fourth-order valence-corrected chi connectivity index (χ4v) is 1.90. The van der Waals surface area contributed by atoms with Crippen molar-refractivity contribution in [1.82, 2.24) is 0 Å². The summed E-state index contributed by atoms with van der Waals surface area (Å²) < 4.78 is 13.8. The number of benzene rings is 1. The SMILES string of the molecule is CC1(C)CCC(c2ccc(F)cc2)=[N+]1[O-]. The third kappa shape index (κ3) is 1.74. The summed E-state index contributed by atoms with van der Waals surface area (Å²) in [6.07, 6.45) is 1.62. The van der Waals surface area contributed by atoms with Crippen LogP contribution in [0.25, 0.3) is 0 Å². The van der Waals surface area contributed by atoms with E-state index in [0.717, 1.165) is 28.9 Å². The molecule has 0 aliphatic carbocycles. The first-order valence-electron chi connectivity index (χ1n) is 5.10. The lowest BCUT2D eigenvalue weighted by molar-refractivity contribution is -0.530. The molecule has 80 valence electrons. The van der Waals surface area contributed by atoms with E-state index < -0.39 is 0 Å². The quantitative estimate of drug-likeness (QED) is 0.513. The molecule has 0 saturated carbocycles. The molecule has 0 aromatic heterocycles. The normalized spacial score (nSPS) is 19.7. The number of halogens is 1. The highest BCUT2D eigenvalue weighted by molar-refractivity contribution is 5.97. The van der Waals surface area contributed by atoms with E-state index in [1.165, 1.54) is 12.1 Å². The van der Waals surface area contributed by atoms with Crippen molar-refractivity contribution in [3.63, 3.8) is 0 Å². The van der Waals surface area contributed by atoms with Gasteiger partial charge in [-0.25, -0.2) is 9.13 Å². The molecule has 0 spiro atoms. The molecule has 1 aliphatic heterocycles. The third-order valence-corrected chi connectivity index (χ3v) is 2.95. The number of rotatable bonds is 1. The Bertz CT molecular complexity index is 406. The third-order valence-electron chi connectivity index (χ3n) is 2.95. The van der Waals surface area contributed by atoms with Crippen LogP contribution in [0.5, 0.6) is 0 Å². The van der Waals surface area contributed by atoms with E-state index in [1.54, 1.807) is 12.1 Å². The molecular weight excluding hydrogens is 193 g/mol. The Balaban J connectivity index is 2.41. The molecule has 0 fully saturated rings. The Morgan fingerprint density at radius 3 is 2.33 bits per heavy atom. The van der Waals surface area contributed by atoms with E-state index in [-0.39, 0.29) is 11.4 Å². The van der Waals surface area contributed by atoms with Crippen molar-refractivity contribution >= 4 is 5.71 Å². The van der Waals surface area contributed by atoms with Gasteiger partial charge in [0.05, 0.1) is 0 Å². The molecule has 0 amide bonds. The fraction of sp³-hybridized carbons (Fsp3) is 0.417. The van der Waals surface area contributed by atoms with Gasteiger partial charge in [-0.2, -0.15) is 0 Å². The monoisotopic (exact) mass is 207 g/mol. The lowest BCUT2D eigenvalue weighted by Gasteiger charge is -2.18. The van der Waals surface area contributed by atoms with Gasteiger partial charge in [-0.15, -0.1) is 0 Å². The van der Waals surface area contributed by atoms with Gasteiger partial charge in [0, 0.05) is 32.3 Å². The first kappa shape index (κ1) is 10.1. The lowest BCUT2D eigenvalue weighted by Crippen LogP contribution is -2.29. The van der Waals surface area contributed by atoms with Crippen LogP contribution in [0.15, 0.2) is 24.3 Å². The summed E-state index contributed by atoms with van der Waals surface area (Å²) in [5.41, 5.74) is 1.26. The van der Waals surface area contributed by atoms with Gasteiger partial charge in [0.15, 0.2) is 11.3 Å². The fourth-order valence-electron chi connectivity index (χ4n) is 1.90. The minimum Gasteiger partial charge on any atom is -0.623 e. The molecule has 0 unspecified atom stereocenters. The topological polar surface area (TPSA) is 26.1 Å². The maximum Gasteiger partial charge on any atom is 0.195 e. The summed E-state index contributed by atoms with van der Waals surface area (Å²) in [6, 6.07) is 6.11. The van der Waals surface area contributed by atoms with Crippen LogP contribution in [0.2, 0.25) is 0 Å². The predicted octanol–water partition coefficient (Wildman–Crippen LogP) is 2.70. The highest BCUT2D eigenvalue weighted by Crippen LogP contribution is 2.26. The summed E-state index contributed by atoms with van der Waals surface area (Å²) in [7, 11) is 0. The zero-order valence-electron chi connectivity index (χ0n) is 8.96. The van der Waals surface area contributed by atoms with Crippen LogP contribution in [0.3, 0.4) is 0 Å². The molecule has 1 aliphatic rings. The molecule has 0 N–H and O–H groups in total. The minimum atomic E-state index is -0.330. The average molecular weight is 207 g/mol. The largest absolute Gasteiger partial charge is 0.623 e. The predicted molar refractivity (Wildman–Crippen MR) is 57.4 cm³/mol. The van der Waals surface area contributed by atoms with Gasteiger partial charge in [0.25, 0.3) is 0 Å². The lowest BCUT2D eigenvalue weighted by atomic mass is 10.0. The molecule has 0 bridgehead atoms. The second-order valence-electron chi connectivity index (χ2n) is 4.56. The van der Waals surface area contributed by atoms with Crippen LogP contribution in [-0.2, 0) is 0 Å². The van der Waals surface area contributed by atoms with Crippen LogP contribution in [-0.4, -0.2) is 16.0 Å². The summed E-state index contributed by atoms with van der Waals surface area (Å²) in [4.78, 5) is 0. The van der Waals surface area contributed by atoms with Crippen molar-refractivity contribution in [3.05, 3.63) is 40.9 Å². The molecule has 1 heterocycles. The van der Waals surface area contributed by atoms with Crippen LogP contribution < -0.4 is 0 Å². The first-order chi connectivity index (χ1) is 7.00. The van der Waals surface area contributed by atoms with Crippen LogP contribution in [0, 0.1) is 11.0 Å². The standard InChI is InChI=1S/C12H14FNO/c1-12(2)8-7-11(14(12)15)9-3-5-10(13)6-4-9/h3-6H,7-8H2,1-2H3. The van der Waals surface area contributed by atoms with E-state index >= 15 is 0 Å². The van der Waals surface area contributed by atoms with E-state index in [1.807, 2.05) is 13.8 Å². The van der Waals surface area contributed by atoms with Crippen LogP contribution in [0.1, 0.15) is 32.3 Å². The van der Waals surface area contributed by atoms with Crippen molar-refractivity contribution in [3.8, 4) is 0 Å². The van der Waals surface area contributed by atoms with Crippen molar-refractivity contribution < 1.29 is 9.13 Å². The Kier molecular flexibility index (Phi) is 2.25. The second-order valence-corrected chi connectivity index (χ2v) is 4.56. The molecule has 2 rings (SSSR count). The molecule has 15 heavy (non-hydrogen) atoms. The molecule has 1 aromatic carbocycles. The molecule has 0 atom stereocenters. The zero-order chi connectivity index (χ0) is 11.1. The van der Waals surface area contributed by atoms with Gasteiger partial charge in [-0.05, 0) is 24.3 Å². The second kappa shape index (κ2) is 3.33. The van der Waals surface area contributed by atoms with Gasteiger partial charge in [0.1, 0.15) is 5.82 Å². The van der Waals surface area contributed by atoms with Gasteiger partial charge in [-0.3, -0.25) is 0 Å². The maximum atomic E-state index is 12.7. The van der Waals surface area contributed by atoms with E-state index in [0.29, 0.717) is 0 Å². The molecule has 0 radical (unpaired) electrons. The van der Waals surface area contributed by atoms with Crippen molar-refractivity contribution in [2.45, 2.75) is 32.2 Å². The molecule has 0 saturated heterocycles. The number of nitrogens with zero attached hydrogens (tertiary/aromatic N) is 1. The van der Waals surface area contributed by atoms with E-state index in [2.05, 4.69) is 0 Å². The highest BCUT2D eigenvalue weighted by atomic mass is 19.1. The van der Waals surface area contributed by atoms with Crippen LogP contribution >= 0.6 is 0 Å². The molecule has 3 heteroatoms. The summed E-state index contributed by atoms with van der Waals surface area (Å²) in [5.74, 6) is -0.269. The van der Waals surface area contributed by atoms with Crippen LogP contribution in [0.4, 0.5) is 4.39 Å². The average Bonchev–Trinajstić information content (AvgIpc) is 2.45. The number of hydrogen-bond donors (Lipinski definition) is 0. The maximum absolute atomic E-state index is 12.7. The highest BCUT2D eigenvalue weighted by Gasteiger charge is 2.36. The minimum absolute atomic E-state index is 0.269. The Morgan fingerprint density at radius 1 is 1.27 bits per heavy atom. The Hall–Kier alpha value is -1.38. The zero-order valence-corrected chi connectivity index (χ0v) is 8.96. The van der Waals surface area contributed by atoms with Gasteiger partial charge in [-0.1, -0.05) is 0 Å². The molecular formula is C12H14FNO. The Morgan fingerprint density at radius 2 is 1.87 bits per heavy atom.